The second-order valence-corrected chi connectivity index (χ2v) is 2.85. The van der Waals surface area contributed by atoms with E-state index in [4.69, 9.17) is 10.5 Å². The van der Waals surface area contributed by atoms with E-state index in [-0.39, 0.29) is 0 Å². The molecule has 0 unspecified atom stereocenters. The first-order valence-electron chi connectivity index (χ1n) is 4.34. The minimum Gasteiger partial charge on any atom is -0.496 e. The van der Waals surface area contributed by atoms with Gasteiger partial charge in [-0.3, -0.25) is 4.79 Å². The zero-order valence-electron chi connectivity index (χ0n) is 8.12. The Kier molecular flexibility index (Phi) is 3.94. The minimum atomic E-state index is 0.459. The number of nitrogens with two attached hydrogens (primary N) is 1. The second kappa shape index (κ2) is 5.24. The summed E-state index contributed by atoms with van der Waals surface area (Å²) in [6, 6.07) is 5.68. The van der Waals surface area contributed by atoms with E-state index in [0.717, 1.165) is 16.9 Å². The van der Waals surface area contributed by atoms with Crippen molar-refractivity contribution < 1.29 is 9.53 Å². The van der Waals surface area contributed by atoms with E-state index in [1.165, 1.54) is 0 Å². The van der Waals surface area contributed by atoms with E-state index in [9.17, 15) is 4.79 Å². The summed E-state index contributed by atoms with van der Waals surface area (Å²) < 4.78 is 5.15. The van der Waals surface area contributed by atoms with Crippen LogP contribution in [0.2, 0.25) is 0 Å². The number of methoxy groups -OCH3 is 1. The molecule has 0 atom stereocenters. The topological polar surface area (TPSA) is 64.3 Å². The average Bonchev–Trinajstić information content (AvgIpc) is 2.25. The Morgan fingerprint density at radius 3 is 2.93 bits per heavy atom. The summed E-state index contributed by atoms with van der Waals surface area (Å²) in [5.41, 5.74) is 7.46. The summed E-state index contributed by atoms with van der Waals surface area (Å²) in [5, 5.41) is 2.59. The number of carbonyl (C=O) groups is 1. The number of hydrogen-bond acceptors (Lipinski definition) is 3. The van der Waals surface area contributed by atoms with Crippen LogP contribution in [-0.4, -0.2) is 13.5 Å². The molecule has 76 valence electrons. The largest absolute Gasteiger partial charge is 0.496 e. The van der Waals surface area contributed by atoms with Gasteiger partial charge in [-0.15, -0.1) is 0 Å². The molecule has 0 saturated heterocycles. The smallest absolute Gasteiger partial charge is 0.207 e. The zero-order chi connectivity index (χ0) is 10.4. The Labute approximate surface area is 83.1 Å². The Bertz CT molecular complexity index is 313. The van der Waals surface area contributed by atoms with Gasteiger partial charge < -0.3 is 15.8 Å². The average molecular weight is 194 g/mol. The van der Waals surface area contributed by atoms with Crippen LogP contribution in [0.1, 0.15) is 11.1 Å². The third kappa shape index (κ3) is 2.47. The van der Waals surface area contributed by atoms with Crippen molar-refractivity contribution in [3.05, 3.63) is 29.3 Å². The maximum atomic E-state index is 10.2. The van der Waals surface area contributed by atoms with E-state index >= 15 is 0 Å². The summed E-state index contributed by atoms with van der Waals surface area (Å²) in [5.74, 6) is 0.761. The summed E-state index contributed by atoms with van der Waals surface area (Å²) in [7, 11) is 1.60. The van der Waals surface area contributed by atoms with Crippen molar-refractivity contribution in [2.75, 3.05) is 7.11 Å². The maximum absolute atomic E-state index is 10.2. The lowest BCUT2D eigenvalue weighted by molar-refractivity contribution is -0.109. The van der Waals surface area contributed by atoms with Crippen LogP contribution in [0.4, 0.5) is 0 Å². The van der Waals surface area contributed by atoms with E-state index in [0.29, 0.717) is 19.5 Å². The zero-order valence-corrected chi connectivity index (χ0v) is 8.12. The first kappa shape index (κ1) is 10.5. The van der Waals surface area contributed by atoms with Gasteiger partial charge >= 0.3 is 0 Å². The van der Waals surface area contributed by atoms with Crippen LogP contribution in [0.15, 0.2) is 18.2 Å². The van der Waals surface area contributed by atoms with Crippen LogP contribution in [0.25, 0.3) is 0 Å². The van der Waals surface area contributed by atoms with E-state index in [1.807, 2.05) is 18.2 Å². The number of ether oxygens (including phenoxy) is 1. The summed E-state index contributed by atoms with van der Waals surface area (Å²) in [6.07, 6.45) is 0.661. The highest BCUT2D eigenvalue weighted by Gasteiger charge is 2.02. The fourth-order valence-corrected chi connectivity index (χ4v) is 1.25. The van der Waals surface area contributed by atoms with Crippen molar-refractivity contribution in [2.45, 2.75) is 13.1 Å². The van der Waals surface area contributed by atoms with Gasteiger partial charge in [0.05, 0.1) is 7.11 Å². The van der Waals surface area contributed by atoms with Crippen molar-refractivity contribution in [1.29, 1.82) is 0 Å². The number of nitrogens with one attached hydrogen (secondary N) is 1. The van der Waals surface area contributed by atoms with Crippen molar-refractivity contribution in [3.63, 3.8) is 0 Å². The molecule has 0 aliphatic rings. The van der Waals surface area contributed by atoms with Crippen molar-refractivity contribution in [3.8, 4) is 5.75 Å². The van der Waals surface area contributed by atoms with Gasteiger partial charge in [0, 0.05) is 18.7 Å². The molecular weight excluding hydrogens is 180 g/mol. The third-order valence-corrected chi connectivity index (χ3v) is 1.96. The van der Waals surface area contributed by atoms with Crippen molar-refractivity contribution in [2.24, 2.45) is 5.73 Å². The van der Waals surface area contributed by atoms with Crippen molar-refractivity contribution >= 4 is 6.41 Å². The van der Waals surface area contributed by atoms with E-state index in [2.05, 4.69) is 5.32 Å². The highest BCUT2D eigenvalue weighted by Crippen LogP contribution is 2.19. The fourth-order valence-electron chi connectivity index (χ4n) is 1.25. The normalized spacial score (nSPS) is 9.57. The molecule has 4 nitrogen and oxygen atoms in total. The van der Waals surface area contributed by atoms with Gasteiger partial charge in [0.1, 0.15) is 5.75 Å². The number of rotatable bonds is 5. The third-order valence-electron chi connectivity index (χ3n) is 1.96. The van der Waals surface area contributed by atoms with Crippen LogP contribution >= 0.6 is 0 Å². The number of benzene rings is 1. The molecule has 14 heavy (non-hydrogen) atoms. The molecule has 3 N–H and O–H groups in total. The van der Waals surface area contributed by atoms with Crippen LogP contribution in [-0.2, 0) is 17.9 Å². The standard InChI is InChI=1S/C10H14N2O2/c1-14-10-3-2-8(5-11)4-9(10)6-12-7-13/h2-4,7H,5-6,11H2,1H3,(H,12,13). The Hall–Kier alpha value is -1.55. The summed E-state index contributed by atoms with van der Waals surface area (Å²) >= 11 is 0. The lowest BCUT2D eigenvalue weighted by Gasteiger charge is -2.09. The Morgan fingerprint density at radius 1 is 1.57 bits per heavy atom. The van der Waals surface area contributed by atoms with Gasteiger partial charge in [-0.05, 0) is 17.7 Å². The van der Waals surface area contributed by atoms with Gasteiger partial charge in [0.15, 0.2) is 0 Å². The lowest BCUT2D eigenvalue weighted by atomic mass is 10.1. The predicted octanol–water partition coefficient (Wildman–Crippen LogP) is 0.400. The molecule has 4 heteroatoms. The van der Waals surface area contributed by atoms with Crippen molar-refractivity contribution in [1.82, 2.24) is 5.32 Å². The number of carbonyl (C=O) groups excluding carboxylic acids is 1. The highest BCUT2D eigenvalue weighted by molar-refractivity contribution is 5.47. The first-order valence-corrected chi connectivity index (χ1v) is 4.34. The second-order valence-electron chi connectivity index (χ2n) is 2.85. The molecule has 1 amide bonds. The van der Waals surface area contributed by atoms with Gasteiger partial charge in [0.25, 0.3) is 0 Å². The summed E-state index contributed by atoms with van der Waals surface area (Å²) in [6.45, 7) is 0.943. The Morgan fingerprint density at radius 2 is 2.36 bits per heavy atom. The van der Waals surface area contributed by atoms with E-state index < -0.39 is 0 Å². The van der Waals surface area contributed by atoms with Gasteiger partial charge in [0.2, 0.25) is 6.41 Å². The lowest BCUT2D eigenvalue weighted by Crippen LogP contribution is -2.11. The van der Waals surface area contributed by atoms with Crippen LogP contribution in [0.3, 0.4) is 0 Å². The van der Waals surface area contributed by atoms with Crippen LogP contribution < -0.4 is 15.8 Å². The fraction of sp³-hybridized carbons (Fsp3) is 0.300. The molecular formula is C10H14N2O2. The minimum absolute atomic E-state index is 0.459. The number of amides is 1. The number of hydrogen-bond donors (Lipinski definition) is 2. The molecule has 0 aromatic heterocycles. The molecule has 0 radical (unpaired) electrons. The molecule has 0 saturated carbocycles. The maximum Gasteiger partial charge on any atom is 0.207 e. The molecule has 0 heterocycles. The predicted molar refractivity (Wildman–Crippen MR) is 53.8 cm³/mol. The molecule has 0 bridgehead atoms. The van der Waals surface area contributed by atoms with Gasteiger partial charge in [-0.2, -0.15) is 0 Å². The monoisotopic (exact) mass is 194 g/mol. The first-order chi connectivity index (χ1) is 6.81. The molecule has 0 aliphatic carbocycles. The quantitative estimate of drug-likeness (QED) is 0.667. The van der Waals surface area contributed by atoms with E-state index in [1.54, 1.807) is 7.11 Å². The SMILES string of the molecule is COc1ccc(CN)cc1CNC=O. The highest BCUT2D eigenvalue weighted by atomic mass is 16.5. The molecule has 0 aliphatic heterocycles. The molecule has 0 fully saturated rings. The Balaban J connectivity index is 2.89. The van der Waals surface area contributed by atoms with Gasteiger partial charge in [-0.25, -0.2) is 0 Å². The summed E-state index contributed by atoms with van der Waals surface area (Å²) in [4.78, 5) is 10.2. The molecule has 1 aromatic carbocycles. The van der Waals surface area contributed by atoms with Gasteiger partial charge in [-0.1, -0.05) is 6.07 Å². The van der Waals surface area contributed by atoms with Crippen LogP contribution in [0.5, 0.6) is 5.75 Å². The van der Waals surface area contributed by atoms with Crippen LogP contribution in [0, 0.1) is 0 Å². The molecule has 0 spiro atoms. The molecule has 1 aromatic rings. The molecule has 1 rings (SSSR count).